The lowest BCUT2D eigenvalue weighted by molar-refractivity contribution is 1.15. The van der Waals surface area contributed by atoms with Crippen LogP contribution in [0.4, 0.5) is 0 Å². The van der Waals surface area contributed by atoms with E-state index < -0.39 is 0 Å². The minimum absolute atomic E-state index is 0.334. The number of nitrogens with one attached hydrogen (secondary N) is 1. The number of benzene rings is 1. The molecule has 0 unspecified atom stereocenters. The first-order valence-electron chi connectivity index (χ1n) is 4.48. The van der Waals surface area contributed by atoms with Gasteiger partial charge in [-0.1, -0.05) is 30.3 Å². The van der Waals surface area contributed by atoms with Crippen molar-refractivity contribution in [2.24, 2.45) is 0 Å². The molecule has 4 heteroatoms. The summed E-state index contributed by atoms with van der Waals surface area (Å²) in [6, 6.07) is 11.9. The van der Waals surface area contributed by atoms with Crippen LogP contribution >= 0.6 is 15.9 Å². The van der Waals surface area contributed by atoms with Crippen molar-refractivity contribution in [1.82, 2.24) is 9.97 Å². The number of aromatic amines is 1. The molecule has 0 aliphatic carbocycles. The van der Waals surface area contributed by atoms with Gasteiger partial charge in [0.15, 0.2) is 0 Å². The SMILES string of the molecule is N#CCc1[nH]c(-c2ccccc2)nc1Br. The smallest absolute Gasteiger partial charge is 0.138 e. The van der Waals surface area contributed by atoms with Crippen molar-refractivity contribution in [3.8, 4) is 17.5 Å². The summed E-state index contributed by atoms with van der Waals surface area (Å²) in [5.74, 6) is 0.785. The van der Waals surface area contributed by atoms with Crippen LogP contribution in [0.3, 0.4) is 0 Å². The van der Waals surface area contributed by atoms with E-state index >= 15 is 0 Å². The summed E-state index contributed by atoms with van der Waals surface area (Å²) in [7, 11) is 0. The van der Waals surface area contributed by atoms with Gasteiger partial charge in [0.1, 0.15) is 10.4 Å². The van der Waals surface area contributed by atoms with Crippen LogP contribution in [-0.2, 0) is 6.42 Å². The van der Waals surface area contributed by atoms with Crippen molar-refractivity contribution in [2.45, 2.75) is 6.42 Å². The third-order valence-electron chi connectivity index (χ3n) is 2.03. The molecule has 2 aromatic rings. The minimum atomic E-state index is 0.334. The van der Waals surface area contributed by atoms with Crippen molar-refractivity contribution in [2.75, 3.05) is 0 Å². The van der Waals surface area contributed by atoms with Gasteiger partial charge in [-0.25, -0.2) is 4.98 Å². The predicted octanol–water partition coefficient (Wildman–Crippen LogP) is 2.91. The molecule has 0 radical (unpaired) electrons. The zero-order chi connectivity index (χ0) is 10.7. The Bertz CT molecular complexity index is 496. The number of aromatic nitrogens is 2. The minimum Gasteiger partial charge on any atom is -0.340 e. The van der Waals surface area contributed by atoms with Crippen LogP contribution in [0.5, 0.6) is 0 Å². The van der Waals surface area contributed by atoms with Crippen LogP contribution in [0.15, 0.2) is 34.9 Å². The highest BCUT2D eigenvalue weighted by Crippen LogP contribution is 2.21. The molecular formula is C11H8BrN3. The van der Waals surface area contributed by atoms with E-state index in [0.717, 1.165) is 17.1 Å². The third-order valence-corrected chi connectivity index (χ3v) is 2.69. The van der Waals surface area contributed by atoms with Gasteiger partial charge in [-0.3, -0.25) is 0 Å². The number of halogens is 1. The number of H-pyrrole nitrogens is 1. The zero-order valence-corrected chi connectivity index (χ0v) is 9.45. The van der Waals surface area contributed by atoms with E-state index in [4.69, 9.17) is 5.26 Å². The Morgan fingerprint density at radius 2 is 2.07 bits per heavy atom. The van der Waals surface area contributed by atoms with E-state index in [1.807, 2.05) is 30.3 Å². The maximum atomic E-state index is 8.61. The van der Waals surface area contributed by atoms with Gasteiger partial charge in [0.25, 0.3) is 0 Å². The molecule has 1 heterocycles. The van der Waals surface area contributed by atoms with Crippen LogP contribution in [0.1, 0.15) is 5.69 Å². The lowest BCUT2D eigenvalue weighted by Gasteiger charge is -1.93. The van der Waals surface area contributed by atoms with E-state index in [9.17, 15) is 0 Å². The quantitative estimate of drug-likeness (QED) is 0.904. The Labute approximate surface area is 95.9 Å². The fraction of sp³-hybridized carbons (Fsp3) is 0.0909. The van der Waals surface area contributed by atoms with E-state index in [-0.39, 0.29) is 0 Å². The molecule has 1 N–H and O–H groups in total. The molecule has 0 amide bonds. The number of rotatable bonds is 2. The largest absolute Gasteiger partial charge is 0.340 e. The lowest BCUT2D eigenvalue weighted by Crippen LogP contribution is -1.82. The molecule has 2 rings (SSSR count). The van der Waals surface area contributed by atoms with Gasteiger partial charge < -0.3 is 4.98 Å². The van der Waals surface area contributed by atoms with Crippen LogP contribution in [0, 0.1) is 11.3 Å². The van der Waals surface area contributed by atoms with Crippen molar-refractivity contribution in [3.63, 3.8) is 0 Å². The van der Waals surface area contributed by atoms with Crippen LogP contribution < -0.4 is 0 Å². The molecule has 3 nitrogen and oxygen atoms in total. The van der Waals surface area contributed by atoms with Crippen molar-refractivity contribution in [3.05, 3.63) is 40.6 Å². The molecular weight excluding hydrogens is 254 g/mol. The Morgan fingerprint density at radius 1 is 1.33 bits per heavy atom. The first-order valence-corrected chi connectivity index (χ1v) is 5.27. The summed E-state index contributed by atoms with van der Waals surface area (Å²) >= 11 is 3.32. The van der Waals surface area contributed by atoms with Gasteiger partial charge in [0.05, 0.1) is 18.2 Å². The summed E-state index contributed by atoms with van der Waals surface area (Å²) in [4.78, 5) is 7.43. The summed E-state index contributed by atoms with van der Waals surface area (Å²) in [6.07, 6.45) is 0.334. The highest BCUT2D eigenvalue weighted by molar-refractivity contribution is 9.10. The number of imidazole rings is 1. The molecule has 0 fully saturated rings. The molecule has 0 saturated carbocycles. The molecule has 74 valence electrons. The fourth-order valence-corrected chi connectivity index (χ4v) is 1.73. The number of hydrogen-bond donors (Lipinski definition) is 1. The molecule has 0 spiro atoms. The Balaban J connectivity index is 2.40. The fourth-order valence-electron chi connectivity index (χ4n) is 1.32. The van der Waals surface area contributed by atoms with E-state index in [1.54, 1.807) is 0 Å². The molecule has 1 aromatic carbocycles. The van der Waals surface area contributed by atoms with Crippen LogP contribution in [0.2, 0.25) is 0 Å². The summed E-state index contributed by atoms with van der Waals surface area (Å²) in [6.45, 7) is 0. The first-order chi connectivity index (χ1) is 7.31. The number of hydrogen-bond acceptors (Lipinski definition) is 2. The normalized spacial score (nSPS) is 9.87. The molecule has 1 aromatic heterocycles. The monoisotopic (exact) mass is 261 g/mol. The van der Waals surface area contributed by atoms with Crippen LogP contribution in [0.25, 0.3) is 11.4 Å². The van der Waals surface area contributed by atoms with E-state index in [1.165, 1.54) is 0 Å². The Morgan fingerprint density at radius 3 is 2.73 bits per heavy atom. The number of nitrogens with zero attached hydrogens (tertiary/aromatic N) is 2. The van der Waals surface area contributed by atoms with Gasteiger partial charge in [0.2, 0.25) is 0 Å². The second kappa shape index (κ2) is 4.28. The summed E-state index contributed by atoms with van der Waals surface area (Å²) < 4.78 is 0.711. The standard InChI is InChI=1S/C11H8BrN3/c12-10-9(6-7-13)14-11(15-10)8-4-2-1-3-5-8/h1-5H,6H2,(H,14,15). The molecule has 0 aliphatic heterocycles. The molecule has 0 bridgehead atoms. The number of nitriles is 1. The lowest BCUT2D eigenvalue weighted by atomic mass is 10.2. The van der Waals surface area contributed by atoms with Crippen molar-refractivity contribution >= 4 is 15.9 Å². The second-order valence-corrected chi connectivity index (χ2v) is 3.81. The molecule has 0 atom stereocenters. The topological polar surface area (TPSA) is 52.5 Å². The van der Waals surface area contributed by atoms with Gasteiger partial charge in [-0.2, -0.15) is 5.26 Å². The van der Waals surface area contributed by atoms with E-state index in [2.05, 4.69) is 32.0 Å². The predicted molar refractivity (Wildman–Crippen MR) is 61.0 cm³/mol. The van der Waals surface area contributed by atoms with Crippen molar-refractivity contribution in [1.29, 1.82) is 5.26 Å². The average Bonchev–Trinajstić information content (AvgIpc) is 2.63. The van der Waals surface area contributed by atoms with Gasteiger partial charge in [-0.15, -0.1) is 0 Å². The Hall–Kier alpha value is -1.60. The van der Waals surface area contributed by atoms with E-state index in [0.29, 0.717) is 11.0 Å². The molecule has 0 saturated heterocycles. The molecule has 0 aliphatic rings. The van der Waals surface area contributed by atoms with Crippen LogP contribution in [-0.4, -0.2) is 9.97 Å². The van der Waals surface area contributed by atoms with Gasteiger partial charge in [-0.05, 0) is 15.9 Å². The summed E-state index contributed by atoms with van der Waals surface area (Å²) in [5.41, 5.74) is 1.83. The molecule has 15 heavy (non-hydrogen) atoms. The highest BCUT2D eigenvalue weighted by atomic mass is 79.9. The van der Waals surface area contributed by atoms with Gasteiger partial charge in [0, 0.05) is 5.56 Å². The maximum Gasteiger partial charge on any atom is 0.138 e. The average molecular weight is 262 g/mol. The third kappa shape index (κ3) is 2.08. The zero-order valence-electron chi connectivity index (χ0n) is 7.87. The summed E-state index contributed by atoms with van der Waals surface area (Å²) in [5, 5.41) is 8.61. The first kappa shape index (κ1) is 9.94. The second-order valence-electron chi connectivity index (χ2n) is 3.06. The highest BCUT2D eigenvalue weighted by Gasteiger charge is 2.08. The van der Waals surface area contributed by atoms with Crippen molar-refractivity contribution < 1.29 is 0 Å². The Kier molecular flexibility index (Phi) is 2.84. The van der Waals surface area contributed by atoms with Gasteiger partial charge >= 0.3 is 0 Å². The maximum absolute atomic E-state index is 8.61.